The van der Waals surface area contributed by atoms with Crippen LogP contribution in [0.5, 0.6) is 0 Å². The molecule has 1 N–H and O–H groups in total. The van der Waals surface area contributed by atoms with E-state index in [1.165, 1.54) is 17.8 Å². The highest BCUT2D eigenvalue weighted by atomic mass is 32.2. The summed E-state index contributed by atoms with van der Waals surface area (Å²) >= 11 is 1.48. The van der Waals surface area contributed by atoms with E-state index in [1.54, 1.807) is 18.5 Å². The Hall–Kier alpha value is -2.66. The van der Waals surface area contributed by atoms with Gasteiger partial charge in [0.05, 0.1) is 0 Å². The summed E-state index contributed by atoms with van der Waals surface area (Å²) < 4.78 is 0. The Morgan fingerprint density at radius 3 is 2.61 bits per heavy atom. The normalized spacial score (nSPS) is 11.0. The smallest absolute Gasteiger partial charge is 0.248 e. The summed E-state index contributed by atoms with van der Waals surface area (Å²) in [4.78, 5) is 20.4. The molecule has 0 bridgehead atoms. The molecule has 0 spiro atoms. The molecule has 0 saturated carbocycles. The number of hydrogen-bond donors (Lipinski definition) is 1. The van der Waals surface area contributed by atoms with Crippen LogP contribution in [0, 0.1) is 0 Å². The van der Waals surface area contributed by atoms with Gasteiger partial charge in [0, 0.05) is 35.1 Å². The lowest BCUT2D eigenvalue weighted by atomic mass is 10.1. The van der Waals surface area contributed by atoms with Crippen LogP contribution < -0.4 is 5.32 Å². The highest BCUT2D eigenvalue weighted by Gasteiger charge is 2.03. The van der Waals surface area contributed by atoms with E-state index in [2.05, 4.69) is 15.3 Å². The van der Waals surface area contributed by atoms with Gasteiger partial charge in [0.25, 0.3) is 0 Å². The summed E-state index contributed by atoms with van der Waals surface area (Å²) in [6.07, 6.45) is 8.49. The molecule has 5 heteroatoms. The number of rotatable bonds is 4. The third-order valence-electron chi connectivity index (χ3n) is 3.31. The number of nitrogens with zero attached hydrogens (tertiary/aromatic N) is 2. The molecule has 2 aromatic carbocycles. The third-order valence-corrected chi connectivity index (χ3v) is 3.88. The lowest BCUT2D eigenvalue weighted by molar-refractivity contribution is -0.111. The van der Waals surface area contributed by atoms with E-state index in [-0.39, 0.29) is 5.91 Å². The number of nitrogens with one attached hydrogen (secondary N) is 1. The number of thioether (sulfide) groups is 1. The molecule has 1 heterocycles. The summed E-state index contributed by atoms with van der Waals surface area (Å²) in [6, 6.07) is 13.8. The van der Waals surface area contributed by atoms with Crippen LogP contribution in [0.3, 0.4) is 0 Å². The fraction of sp³-hybridized carbons (Fsp3) is 0.0556. The zero-order valence-electron chi connectivity index (χ0n) is 12.6. The Balaban J connectivity index is 1.74. The van der Waals surface area contributed by atoms with Crippen LogP contribution in [-0.2, 0) is 4.79 Å². The van der Waals surface area contributed by atoms with Gasteiger partial charge in [-0.25, -0.2) is 9.97 Å². The van der Waals surface area contributed by atoms with E-state index in [1.807, 2.05) is 48.7 Å². The first-order valence-corrected chi connectivity index (χ1v) is 8.31. The van der Waals surface area contributed by atoms with Crippen LogP contribution in [0.1, 0.15) is 5.56 Å². The first-order valence-electron chi connectivity index (χ1n) is 7.09. The minimum absolute atomic E-state index is 0.185. The van der Waals surface area contributed by atoms with E-state index < -0.39 is 0 Å². The van der Waals surface area contributed by atoms with E-state index >= 15 is 0 Å². The Kier molecular flexibility index (Phi) is 4.68. The molecule has 4 nitrogen and oxygen atoms in total. The second-order valence-electron chi connectivity index (χ2n) is 4.85. The van der Waals surface area contributed by atoms with Gasteiger partial charge in [0.2, 0.25) is 5.91 Å². The number of carbonyl (C=O) groups excluding carboxylic acids is 1. The maximum atomic E-state index is 12.1. The molecule has 1 aromatic heterocycles. The predicted molar refractivity (Wildman–Crippen MR) is 95.4 cm³/mol. The van der Waals surface area contributed by atoms with Crippen LogP contribution >= 0.6 is 11.8 Å². The van der Waals surface area contributed by atoms with Crippen LogP contribution in [0.2, 0.25) is 0 Å². The molecule has 3 rings (SSSR count). The highest BCUT2D eigenvalue weighted by molar-refractivity contribution is 7.98. The Morgan fingerprint density at radius 2 is 1.83 bits per heavy atom. The molecule has 0 fully saturated rings. The number of anilines is 1. The van der Waals surface area contributed by atoms with Crippen molar-refractivity contribution in [3.05, 3.63) is 66.5 Å². The maximum absolute atomic E-state index is 12.1. The Bertz CT molecular complexity index is 854. The predicted octanol–water partition coefficient (Wildman–Crippen LogP) is 4.00. The molecule has 0 atom stereocenters. The monoisotopic (exact) mass is 321 g/mol. The zero-order chi connectivity index (χ0) is 16.1. The summed E-state index contributed by atoms with van der Waals surface area (Å²) in [5.41, 5.74) is 1.59. The molecular weight excluding hydrogens is 306 g/mol. The molecule has 23 heavy (non-hydrogen) atoms. The van der Waals surface area contributed by atoms with Gasteiger partial charge in [-0.15, -0.1) is 0 Å². The molecule has 0 unspecified atom stereocenters. The fourth-order valence-corrected chi connectivity index (χ4v) is 2.51. The maximum Gasteiger partial charge on any atom is 0.248 e. The van der Waals surface area contributed by atoms with Gasteiger partial charge in [0.15, 0.2) is 5.16 Å². The van der Waals surface area contributed by atoms with Gasteiger partial charge in [-0.05, 0) is 23.8 Å². The van der Waals surface area contributed by atoms with Crippen molar-refractivity contribution in [3.63, 3.8) is 0 Å². The van der Waals surface area contributed by atoms with Gasteiger partial charge in [0.1, 0.15) is 0 Å². The van der Waals surface area contributed by atoms with Crippen LogP contribution in [-0.4, -0.2) is 22.1 Å². The highest BCUT2D eigenvalue weighted by Crippen LogP contribution is 2.22. The van der Waals surface area contributed by atoms with Crippen molar-refractivity contribution in [3.8, 4) is 0 Å². The SMILES string of the molecule is CSc1ncc(/C=C/C(=O)Nc2cccc3ccccc23)cn1. The molecule has 3 aromatic rings. The minimum Gasteiger partial charge on any atom is -0.322 e. The number of fused-ring (bicyclic) bond motifs is 1. The van der Waals surface area contributed by atoms with E-state index in [0.717, 1.165) is 22.0 Å². The summed E-state index contributed by atoms with van der Waals surface area (Å²) in [5, 5.41) is 5.73. The first-order chi connectivity index (χ1) is 11.3. The van der Waals surface area contributed by atoms with Gasteiger partial charge in [-0.2, -0.15) is 0 Å². The van der Waals surface area contributed by atoms with Crippen molar-refractivity contribution < 1.29 is 4.79 Å². The molecule has 0 radical (unpaired) electrons. The van der Waals surface area contributed by atoms with Crippen molar-refractivity contribution >= 4 is 40.2 Å². The topological polar surface area (TPSA) is 54.9 Å². The lowest BCUT2D eigenvalue weighted by Crippen LogP contribution is -2.08. The van der Waals surface area contributed by atoms with Crippen molar-refractivity contribution in [2.24, 2.45) is 0 Å². The van der Waals surface area contributed by atoms with Crippen molar-refractivity contribution in [2.75, 3.05) is 11.6 Å². The van der Waals surface area contributed by atoms with Crippen LogP contribution in [0.15, 0.2) is 66.1 Å². The number of amides is 1. The quantitative estimate of drug-likeness (QED) is 0.448. The van der Waals surface area contributed by atoms with Gasteiger partial charge in [-0.1, -0.05) is 48.2 Å². The van der Waals surface area contributed by atoms with Crippen molar-refractivity contribution in [1.29, 1.82) is 0 Å². The van der Waals surface area contributed by atoms with Crippen molar-refractivity contribution in [2.45, 2.75) is 5.16 Å². The Morgan fingerprint density at radius 1 is 1.09 bits per heavy atom. The molecule has 1 amide bonds. The molecule has 0 aliphatic rings. The molecular formula is C18H15N3OS. The van der Waals surface area contributed by atoms with E-state index in [9.17, 15) is 4.79 Å². The van der Waals surface area contributed by atoms with Gasteiger partial charge < -0.3 is 5.32 Å². The summed E-state index contributed by atoms with van der Waals surface area (Å²) in [7, 11) is 0. The summed E-state index contributed by atoms with van der Waals surface area (Å²) in [6.45, 7) is 0. The summed E-state index contributed by atoms with van der Waals surface area (Å²) in [5.74, 6) is -0.185. The molecule has 0 aliphatic carbocycles. The van der Waals surface area contributed by atoms with Gasteiger partial charge >= 0.3 is 0 Å². The Labute approximate surface area is 138 Å². The average Bonchev–Trinajstić information content (AvgIpc) is 2.61. The largest absolute Gasteiger partial charge is 0.322 e. The fourth-order valence-electron chi connectivity index (χ4n) is 2.20. The number of carbonyl (C=O) groups is 1. The molecule has 0 aliphatic heterocycles. The van der Waals surface area contributed by atoms with Crippen LogP contribution in [0.25, 0.3) is 16.8 Å². The van der Waals surface area contributed by atoms with E-state index in [0.29, 0.717) is 5.16 Å². The van der Waals surface area contributed by atoms with E-state index in [4.69, 9.17) is 0 Å². The standard InChI is InChI=1S/C18H15N3OS/c1-23-18-19-11-13(12-20-18)9-10-17(22)21-16-8-4-6-14-5-2-3-7-15(14)16/h2-12H,1H3,(H,21,22)/b10-9+. The first kappa shape index (κ1) is 15.2. The molecule has 0 saturated heterocycles. The lowest BCUT2D eigenvalue weighted by Gasteiger charge is -2.06. The van der Waals surface area contributed by atoms with Crippen LogP contribution in [0.4, 0.5) is 5.69 Å². The average molecular weight is 321 g/mol. The second kappa shape index (κ2) is 7.07. The second-order valence-corrected chi connectivity index (χ2v) is 5.63. The van der Waals surface area contributed by atoms with Crippen molar-refractivity contribution in [1.82, 2.24) is 9.97 Å². The minimum atomic E-state index is -0.185. The molecule has 114 valence electrons. The number of aromatic nitrogens is 2. The van der Waals surface area contributed by atoms with Gasteiger partial charge in [-0.3, -0.25) is 4.79 Å². The third kappa shape index (κ3) is 3.76. The zero-order valence-corrected chi connectivity index (χ0v) is 13.4. The number of hydrogen-bond acceptors (Lipinski definition) is 4. The number of benzene rings is 2.